The smallest absolute Gasteiger partial charge is 0.130 e. The molecule has 3 aromatic rings. The van der Waals surface area contributed by atoms with E-state index in [-0.39, 0.29) is 12.3 Å². The predicted molar refractivity (Wildman–Crippen MR) is 137 cm³/mol. The van der Waals surface area contributed by atoms with Crippen molar-refractivity contribution in [3.05, 3.63) is 65.2 Å². The Morgan fingerprint density at radius 1 is 1.11 bits per heavy atom. The van der Waals surface area contributed by atoms with E-state index in [4.69, 9.17) is 22.9 Å². The third-order valence-corrected chi connectivity index (χ3v) is 7.64. The molecule has 0 saturated heterocycles. The van der Waals surface area contributed by atoms with Crippen molar-refractivity contribution in [2.45, 2.75) is 56.0 Å². The number of nitrogens with zero attached hydrogens (tertiary/aromatic N) is 2. The maximum absolute atomic E-state index is 14.1. The number of para-hydroxylation sites is 2. The average molecular weight is 484 g/mol. The summed E-state index contributed by atoms with van der Waals surface area (Å²) in [4.78, 5) is 10.1. The van der Waals surface area contributed by atoms with E-state index in [1.807, 2.05) is 45.2 Å². The van der Waals surface area contributed by atoms with E-state index in [2.05, 4.69) is 14.9 Å². The molecule has 0 spiro atoms. The van der Waals surface area contributed by atoms with Crippen LogP contribution < -0.4 is 22.9 Å². The van der Waals surface area contributed by atoms with E-state index < -0.39 is 28.7 Å². The first-order valence-corrected chi connectivity index (χ1v) is 12.2. The molecule has 8 nitrogen and oxygen atoms in total. The van der Waals surface area contributed by atoms with Gasteiger partial charge in [-0.25, -0.2) is 9.37 Å². The number of imidazole rings is 1. The van der Waals surface area contributed by atoms with Crippen LogP contribution in [0.25, 0.3) is 11.0 Å². The first-order chi connectivity index (χ1) is 16.4. The lowest BCUT2D eigenvalue weighted by Gasteiger charge is -2.59. The van der Waals surface area contributed by atoms with Crippen molar-refractivity contribution < 1.29 is 9.50 Å². The van der Waals surface area contributed by atoms with Crippen LogP contribution in [0.3, 0.4) is 0 Å². The molecule has 1 aliphatic carbocycles. The van der Waals surface area contributed by atoms with Crippen LogP contribution in [0.2, 0.25) is 0 Å². The molecular weight excluding hydrogens is 445 g/mol. The van der Waals surface area contributed by atoms with Gasteiger partial charge in [-0.2, -0.15) is 0 Å². The molecule has 4 rings (SSSR count). The van der Waals surface area contributed by atoms with Gasteiger partial charge in [0.25, 0.3) is 0 Å². The minimum absolute atomic E-state index is 0.0369. The summed E-state index contributed by atoms with van der Waals surface area (Å²) < 4.78 is 14.1. The van der Waals surface area contributed by atoms with Gasteiger partial charge >= 0.3 is 0 Å². The van der Waals surface area contributed by atoms with Crippen molar-refractivity contribution in [1.29, 1.82) is 0 Å². The molecule has 0 bridgehead atoms. The van der Waals surface area contributed by atoms with Gasteiger partial charge in [0.05, 0.1) is 11.0 Å². The highest BCUT2D eigenvalue weighted by Gasteiger charge is 2.64. The van der Waals surface area contributed by atoms with Crippen LogP contribution in [0.4, 0.5) is 4.39 Å². The standard InChI is InChI=1S/C26H38FN7O/c1-16(2)23-18-11-10-17(27)15-19(18)25(28,29)26(30,31)24(23,35)12-14-34(3)13-6-9-22-32-20-7-4-5-8-21(20)33-22/h4-5,7-8,10-11,15-16,23,35H,6,9,12-14,28-31H2,1-3H3,(H,32,33). The zero-order chi connectivity index (χ0) is 25.6. The Labute approximate surface area is 205 Å². The second-order valence-corrected chi connectivity index (χ2v) is 10.5. The van der Waals surface area contributed by atoms with Gasteiger partial charge in [0.1, 0.15) is 28.6 Å². The number of nitrogens with two attached hydrogens (primary N) is 4. The number of rotatable bonds is 8. The molecule has 190 valence electrons. The van der Waals surface area contributed by atoms with Crippen LogP contribution >= 0.6 is 0 Å². The van der Waals surface area contributed by atoms with E-state index >= 15 is 0 Å². The number of aromatic amines is 1. The summed E-state index contributed by atoms with van der Waals surface area (Å²) in [6.45, 7) is 5.29. The van der Waals surface area contributed by atoms with E-state index in [9.17, 15) is 9.50 Å². The quantitative estimate of drug-likeness (QED) is 0.267. The summed E-state index contributed by atoms with van der Waals surface area (Å²) in [6, 6.07) is 12.2. The van der Waals surface area contributed by atoms with Gasteiger partial charge in [0, 0.05) is 18.9 Å². The van der Waals surface area contributed by atoms with Crippen LogP contribution in [0, 0.1) is 11.7 Å². The van der Waals surface area contributed by atoms with Gasteiger partial charge in [-0.1, -0.05) is 32.0 Å². The van der Waals surface area contributed by atoms with Crippen molar-refractivity contribution in [2.24, 2.45) is 28.9 Å². The lowest BCUT2D eigenvalue weighted by molar-refractivity contribution is -0.118. The molecular formula is C26H38FN7O. The molecule has 1 aliphatic rings. The molecule has 0 saturated carbocycles. The van der Waals surface area contributed by atoms with Crippen LogP contribution in [0.1, 0.15) is 49.6 Å². The largest absolute Gasteiger partial charge is 0.386 e. The Bertz CT molecular complexity index is 1160. The van der Waals surface area contributed by atoms with Gasteiger partial charge in [-0.05, 0) is 67.7 Å². The number of aliphatic hydroxyl groups is 1. The Kier molecular flexibility index (Phi) is 6.78. The summed E-state index contributed by atoms with van der Waals surface area (Å²) in [5, 5.41) is 12.1. The summed E-state index contributed by atoms with van der Waals surface area (Å²) in [5.41, 5.74) is 23.7. The van der Waals surface area contributed by atoms with Crippen molar-refractivity contribution in [1.82, 2.24) is 14.9 Å². The average Bonchev–Trinajstić information content (AvgIpc) is 3.20. The third kappa shape index (κ3) is 4.37. The maximum Gasteiger partial charge on any atom is 0.130 e. The fraction of sp³-hybridized carbons (Fsp3) is 0.500. The number of aromatic nitrogens is 2. The maximum atomic E-state index is 14.1. The molecule has 1 heterocycles. The van der Waals surface area contributed by atoms with E-state index in [1.165, 1.54) is 12.1 Å². The zero-order valence-electron chi connectivity index (χ0n) is 20.8. The highest BCUT2D eigenvalue weighted by molar-refractivity contribution is 5.74. The number of fused-ring (bicyclic) bond motifs is 2. The lowest BCUT2D eigenvalue weighted by Crippen LogP contribution is -2.86. The Morgan fingerprint density at radius 3 is 2.51 bits per heavy atom. The number of hydrogen-bond acceptors (Lipinski definition) is 7. The van der Waals surface area contributed by atoms with Gasteiger partial charge in [0.15, 0.2) is 0 Å². The number of halogens is 1. The molecule has 0 radical (unpaired) electrons. The van der Waals surface area contributed by atoms with E-state index in [0.717, 1.165) is 36.2 Å². The molecule has 9 heteroatoms. The minimum atomic E-state index is -1.88. The van der Waals surface area contributed by atoms with Crippen LogP contribution in [-0.4, -0.2) is 51.4 Å². The van der Waals surface area contributed by atoms with E-state index in [0.29, 0.717) is 17.7 Å². The molecule has 2 atom stereocenters. The van der Waals surface area contributed by atoms with Crippen molar-refractivity contribution in [3.8, 4) is 0 Å². The van der Waals surface area contributed by atoms with Gasteiger partial charge < -0.3 is 37.9 Å². The van der Waals surface area contributed by atoms with Crippen molar-refractivity contribution in [3.63, 3.8) is 0 Å². The second-order valence-electron chi connectivity index (χ2n) is 10.5. The molecule has 2 unspecified atom stereocenters. The third-order valence-electron chi connectivity index (χ3n) is 7.64. The zero-order valence-corrected chi connectivity index (χ0v) is 20.8. The normalized spacial score (nSPS) is 23.2. The lowest BCUT2D eigenvalue weighted by atomic mass is 9.57. The molecule has 0 fully saturated rings. The predicted octanol–water partition coefficient (Wildman–Crippen LogP) is 1.82. The molecule has 0 aliphatic heterocycles. The van der Waals surface area contributed by atoms with Gasteiger partial charge in [-0.15, -0.1) is 0 Å². The fourth-order valence-electron chi connectivity index (χ4n) is 5.64. The fourth-order valence-corrected chi connectivity index (χ4v) is 5.64. The van der Waals surface area contributed by atoms with Crippen LogP contribution in [-0.2, 0) is 12.1 Å². The topological polar surface area (TPSA) is 156 Å². The Balaban J connectivity index is 1.48. The molecule has 35 heavy (non-hydrogen) atoms. The van der Waals surface area contributed by atoms with Crippen LogP contribution in [0.5, 0.6) is 0 Å². The highest BCUT2D eigenvalue weighted by Crippen LogP contribution is 2.51. The number of benzene rings is 2. The Morgan fingerprint density at radius 2 is 1.83 bits per heavy atom. The number of nitrogens with one attached hydrogen (secondary N) is 1. The van der Waals surface area contributed by atoms with Crippen molar-refractivity contribution >= 4 is 11.0 Å². The number of aryl methyl sites for hydroxylation is 1. The first-order valence-electron chi connectivity index (χ1n) is 12.2. The molecule has 0 amide bonds. The molecule has 1 aromatic heterocycles. The number of H-pyrrole nitrogens is 1. The summed E-state index contributed by atoms with van der Waals surface area (Å²) >= 11 is 0. The molecule has 2 aromatic carbocycles. The molecule has 10 N–H and O–H groups in total. The van der Waals surface area contributed by atoms with Gasteiger partial charge in [-0.3, -0.25) is 0 Å². The summed E-state index contributed by atoms with van der Waals surface area (Å²) in [7, 11) is 1.99. The van der Waals surface area contributed by atoms with Gasteiger partial charge in [0.2, 0.25) is 0 Å². The van der Waals surface area contributed by atoms with Crippen molar-refractivity contribution in [2.75, 3.05) is 20.1 Å². The van der Waals surface area contributed by atoms with E-state index in [1.54, 1.807) is 6.07 Å². The minimum Gasteiger partial charge on any atom is -0.386 e. The summed E-state index contributed by atoms with van der Waals surface area (Å²) in [5.74, 6) is -0.0207. The first kappa shape index (κ1) is 25.7. The highest BCUT2D eigenvalue weighted by atomic mass is 19.1. The Hall–Kier alpha value is -2.40. The summed E-state index contributed by atoms with van der Waals surface area (Å²) in [6.07, 6.45) is 1.96. The monoisotopic (exact) mass is 483 g/mol. The number of hydrogen-bond donors (Lipinski definition) is 6. The SMILES string of the molecule is CC(C)C1c2ccc(F)cc2C(N)(N)C(N)(N)C1(O)CCN(C)CCCc1nc2ccccc2[nH]1. The van der Waals surface area contributed by atoms with Crippen LogP contribution in [0.15, 0.2) is 42.5 Å². The second kappa shape index (κ2) is 9.24.